The Labute approximate surface area is 83.6 Å². The van der Waals surface area contributed by atoms with Gasteiger partial charge in [-0.2, -0.15) is 0 Å². The van der Waals surface area contributed by atoms with Crippen molar-refractivity contribution in [2.45, 2.75) is 45.8 Å². The molecular weight excluding hydrogens is 176 g/mol. The highest BCUT2D eigenvalue weighted by Gasteiger charge is 2.38. The van der Waals surface area contributed by atoms with Gasteiger partial charge in [-0.25, -0.2) is 0 Å². The van der Waals surface area contributed by atoms with Gasteiger partial charge in [0.05, 0.1) is 5.76 Å². The topological polar surface area (TPSA) is 9.23 Å². The zero-order valence-corrected chi connectivity index (χ0v) is 10.8. The second-order valence-corrected chi connectivity index (χ2v) is 9.48. The van der Waals surface area contributed by atoms with Crippen molar-refractivity contribution in [1.82, 2.24) is 0 Å². The fourth-order valence-electron chi connectivity index (χ4n) is 0.666. The molecule has 0 aromatic heterocycles. The zero-order valence-electron chi connectivity index (χ0n) is 9.77. The molecule has 0 bridgehead atoms. The summed E-state index contributed by atoms with van der Waals surface area (Å²) < 4.78 is 5.98. The maximum absolute atomic E-state index is 5.98. The predicted octanol–water partition coefficient (Wildman–Crippen LogP) is 4.10. The van der Waals surface area contributed by atoms with Crippen LogP contribution in [0.25, 0.3) is 0 Å². The van der Waals surface area contributed by atoms with Crippen LogP contribution in [-0.4, -0.2) is 8.32 Å². The summed E-state index contributed by atoms with van der Waals surface area (Å²) in [6, 6.07) is 0. The van der Waals surface area contributed by atoms with E-state index in [0.717, 1.165) is 5.76 Å². The van der Waals surface area contributed by atoms with E-state index in [9.17, 15) is 0 Å². The lowest BCUT2D eigenvalue weighted by molar-refractivity contribution is 0.399. The van der Waals surface area contributed by atoms with Gasteiger partial charge >= 0.3 is 0 Å². The standard InChI is InChI=1S/C11H22OSi/c1-8-10(9-2)12-13(6,7)11(3,4)5/h8-9H,1H2,2-7H3/b10-9-. The van der Waals surface area contributed by atoms with Gasteiger partial charge in [-0.3, -0.25) is 0 Å². The lowest BCUT2D eigenvalue weighted by Gasteiger charge is -2.36. The SMILES string of the molecule is C=C/C(=C/C)O[Si](C)(C)C(C)(C)C. The Morgan fingerprint density at radius 2 is 1.77 bits per heavy atom. The van der Waals surface area contributed by atoms with Crippen LogP contribution in [0.15, 0.2) is 24.5 Å². The second-order valence-electron chi connectivity index (χ2n) is 4.76. The second kappa shape index (κ2) is 4.14. The van der Waals surface area contributed by atoms with Crippen molar-refractivity contribution in [2.24, 2.45) is 0 Å². The molecule has 0 unspecified atom stereocenters. The summed E-state index contributed by atoms with van der Waals surface area (Å²) in [7, 11) is -1.65. The molecule has 2 heteroatoms. The molecule has 0 saturated heterocycles. The fraction of sp³-hybridized carbons (Fsp3) is 0.636. The Hall–Kier alpha value is -0.503. The minimum absolute atomic E-state index is 0.254. The molecule has 13 heavy (non-hydrogen) atoms. The van der Waals surface area contributed by atoms with Crippen molar-refractivity contribution in [3.05, 3.63) is 24.5 Å². The normalized spacial score (nSPS) is 14.2. The molecule has 0 N–H and O–H groups in total. The van der Waals surface area contributed by atoms with Crippen LogP contribution in [0, 0.1) is 0 Å². The van der Waals surface area contributed by atoms with Crippen molar-refractivity contribution in [1.29, 1.82) is 0 Å². The summed E-state index contributed by atoms with van der Waals surface area (Å²) >= 11 is 0. The van der Waals surface area contributed by atoms with E-state index in [1.807, 2.05) is 13.0 Å². The van der Waals surface area contributed by atoms with Gasteiger partial charge in [0.25, 0.3) is 0 Å². The molecule has 0 aliphatic rings. The van der Waals surface area contributed by atoms with Crippen LogP contribution in [-0.2, 0) is 4.43 Å². The van der Waals surface area contributed by atoms with Gasteiger partial charge < -0.3 is 4.43 Å². The molecule has 0 aromatic carbocycles. The average Bonchev–Trinajstić information content (AvgIpc) is 1.98. The van der Waals surface area contributed by atoms with E-state index < -0.39 is 8.32 Å². The Bertz CT molecular complexity index is 209. The van der Waals surface area contributed by atoms with Gasteiger partial charge in [0.2, 0.25) is 8.32 Å². The summed E-state index contributed by atoms with van der Waals surface area (Å²) in [4.78, 5) is 0. The van der Waals surface area contributed by atoms with Crippen LogP contribution in [0.1, 0.15) is 27.7 Å². The largest absolute Gasteiger partial charge is 0.544 e. The molecule has 0 saturated carbocycles. The van der Waals surface area contributed by atoms with Crippen molar-refractivity contribution >= 4 is 8.32 Å². The first kappa shape index (κ1) is 12.5. The fourth-order valence-corrected chi connectivity index (χ4v) is 1.76. The third-order valence-electron chi connectivity index (χ3n) is 2.66. The highest BCUT2D eigenvalue weighted by molar-refractivity contribution is 6.74. The van der Waals surface area contributed by atoms with Crippen molar-refractivity contribution in [3.8, 4) is 0 Å². The molecule has 0 fully saturated rings. The van der Waals surface area contributed by atoms with Crippen LogP contribution in [0.4, 0.5) is 0 Å². The number of hydrogen-bond acceptors (Lipinski definition) is 1. The quantitative estimate of drug-likeness (QED) is 0.377. The average molecular weight is 198 g/mol. The van der Waals surface area contributed by atoms with Gasteiger partial charge in [-0.05, 0) is 37.2 Å². The van der Waals surface area contributed by atoms with E-state index in [2.05, 4.69) is 40.4 Å². The van der Waals surface area contributed by atoms with Crippen molar-refractivity contribution < 1.29 is 4.43 Å². The Kier molecular flexibility index (Phi) is 3.98. The molecule has 0 aliphatic heterocycles. The summed E-state index contributed by atoms with van der Waals surface area (Å²) in [5, 5.41) is 0.254. The summed E-state index contributed by atoms with van der Waals surface area (Å²) in [5.41, 5.74) is 0. The molecule has 0 radical (unpaired) electrons. The first-order valence-corrected chi connectivity index (χ1v) is 7.63. The van der Waals surface area contributed by atoms with E-state index in [1.165, 1.54) is 0 Å². The third kappa shape index (κ3) is 3.39. The number of hydrogen-bond donors (Lipinski definition) is 0. The molecular formula is C11H22OSi. The van der Waals surface area contributed by atoms with Gasteiger partial charge in [-0.1, -0.05) is 27.4 Å². The Morgan fingerprint density at radius 3 is 2.00 bits per heavy atom. The minimum atomic E-state index is -1.65. The van der Waals surface area contributed by atoms with Gasteiger partial charge in [0, 0.05) is 0 Å². The third-order valence-corrected chi connectivity index (χ3v) is 7.02. The monoisotopic (exact) mass is 198 g/mol. The van der Waals surface area contributed by atoms with E-state index in [-0.39, 0.29) is 5.04 Å². The van der Waals surface area contributed by atoms with Crippen LogP contribution < -0.4 is 0 Å². The Morgan fingerprint density at radius 1 is 1.31 bits per heavy atom. The van der Waals surface area contributed by atoms with E-state index in [1.54, 1.807) is 6.08 Å². The molecule has 0 spiro atoms. The molecule has 0 aliphatic carbocycles. The van der Waals surface area contributed by atoms with Crippen LogP contribution in [0.2, 0.25) is 18.1 Å². The minimum Gasteiger partial charge on any atom is -0.544 e. The molecule has 0 rings (SSSR count). The van der Waals surface area contributed by atoms with Crippen LogP contribution in [0.5, 0.6) is 0 Å². The molecule has 0 atom stereocenters. The number of allylic oxidation sites excluding steroid dienone is 2. The van der Waals surface area contributed by atoms with Gasteiger partial charge in [-0.15, -0.1) is 0 Å². The predicted molar refractivity (Wildman–Crippen MR) is 62.2 cm³/mol. The van der Waals surface area contributed by atoms with E-state index in [0.29, 0.717) is 0 Å². The van der Waals surface area contributed by atoms with E-state index >= 15 is 0 Å². The first-order valence-electron chi connectivity index (χ1n) is 4.72. The van der Waals surface area contributed by atoms with E-state index in [4.69, 9.17) is 4.43 Å². The number of rotatable bonds is 3. The summed E-state index contributed by atoms with van der Waals surface area (Å²) in [6.45, 7) is 16.9. The molecule has 0 amide bonds. The lowest BCUT2D eigenvalue weighted by Crippen LogP contribution is -2.40. The highest BCUT2D eigenvalue weighted by Crippen LogP contribution is 2.37. The maximum Gasteiger partial charge on any atom is 0.250 e. The van der Waals surface area contributed by atoms with Crippen LogP contribution >= 0.6 is 0 Å². The molecule has 0 aromatic rings. The first-order chi connectivity index (χ1) is 5.74. The van der Waals surface area contributed by atoms with Crippen molar-refractivity contribution in [3.63, 3.8) is 0 Å². The van der Waals surface area contributed by atoms with Gasteiger partial charge in [0.1, 0.15) is 0 Å². The van der Waals surface area contributed by atoms with Crippen molar-refractivity contribution in [2.75, 3.05) is 0 Å². The highest BCUT2D eigenvalue weighted by atomic mass is 28.4. The summed E-state index contributed by atoms with van der Waals surface area (Å²) in [6.07, 6.45) is 3.74. The lowest BCUT2D eigenvalue weighted by atomic mass is 10.2. The molecule has 0 heterocycles. The summed E-state index contributed by atoms with van der Waals surface area (Å²) in [5.74, 6) is 0.909. The molecule has 76 valence electrons. The maximum atomic E-state index is 5.98. The van der Waals surface area contributed by atoms with Crippen LogP contribution in [0.3, 0.4) is 0 Å². The zero-order chi connectivity index (χ0) is 10.7. The van der Waals surface area contributed by atoms with Gasteiger partial charge in [0.15, 0.2) is 0 Å². The molecule has 1 nitrogen and oxygen atoms in total. The smallest absolute Gasteiger partial charge is 0.250 e. The Balaban J connectivity index is 4.60.